The first-order valence-corrected chi connectivity index (χ1v) is 5.79. The fourth-order valence-corrected chi connectivity index (χ4v) is 2.34. The maximum absolute atomic E-state index is 13.7. The standard InChI is InChI=1S/C11H8ClF2NS/c12-6-3-4-7(13)9(10(6)14)11(15)8-2-1-5-16-8/h1-5,11H,15H2/t11-/m1/s1. The van der Waals surface area contributed by atoms with Gasteiger partial charge in [-0.3, -0.25) is 0 Å². The largest absolute Gasteiger partial charge is 0.319 e. The SMILES string of the molecule is N[C@H](c1cccs1)c1c(F)ccc(Cl)c1F. The Bertz CT molecular complexity index is 499. The summed E-state index contributed by atoms with van der Waals surface area (Å²) in [6, 6.07) is 4.99. The molecular formula is C11H8ClF2NS. The number of hydrogen-bond acceptors (Lipinski definition) is 2. The van der Waals surface area contributed by atoms with Crippen molar-refractivity contribution in [1.29, 1.82) is 0 Å². The fraction of sp³-hybridized carbons (Fsp3) is 0.0909. The molecule has 16 heavy (non-hydrogen) atoms. The molecule has 1 aromatic carbocycles. The number of hydrogen-bond donors (Lipinski definition) is 1. The molecule has 0 aliphatic heterocycles. The summed E-state index contributed by atoms with van der Waals surface area (Å²) in [7, 11) is 0. The van der Waals surface area contributed by atoms with Crippen molar-refractivity contribution in [3.63, 3.8) is 0 Å². The van der Waals surface area contributed by atoms with Crippen molar-refractivity contribution in [3.05, 3.63) is 56.7 Å². The molecular weight excluding hydrogens is 252 g/mol. The van der Waals surface area contributed by atoms with Crippen LogP contribution >= 0.6 is 22.9 Å². The minimum absolute atomic E-state index is 0.122. The minimum atomic E-state index is -0.821. The predicted molar refractivity (Wildman–Crippen MR) is 61.7 cm³/mol. The van der Waals surface area contributed by atoms with E-state index in [9.17, 15) is 8.78 Å². The van der Waals surface area contributed by atoms with Gasteiger partial charge in [0.05, 0.1) is 11.1 Å². The Balaban J connectivity index is 2.52. The first-order valence-electron chi connectivity index (χ1n) is 4.53. The van der Waals surface area contributed by atoms with E-state index in [2.05, 4.69) is 0 Å². The summed E-state index contributed by atoms with van der Waals surface area (Å²) in [5.74, 6) is -1.47. The van der Waals surface area contributed by atoms with Crippen LogP contribution in [0.1, 0.15) is 16.5 Å². The van der Waals surface area contributed by atoms with Gasteiger partial charge in [-0.05, 0) is 23.6 Å². The summed E-state index contributed by atoms with van der Waals surface area (Å²) < 4.78 is 27.2. The lowest BCUT2D eigenvalue weighted by Gasteiger charge is -2.12. The van der Waals surface area contributed by atoms with Gasteiger partial charge in [-0.15, -0.1) is 11.3 Å². The summed E-state index contributed by atoms with van der Waals surface area (Å²) in [5, 5.41) is 1.68. The lowest BCUT2D eigenvalue weighted by atomic mass is 10.0. The van der Waals surface area contributed by atoms with Crippen molar-refractivity contribution in [2.75, 3.05) is 0 Å². The average Bonchev–Trinajstić information content (AvgIpc) is 2.77. The third kappa shape index (κ3) is 1.96. The van der Waals surface area contributed by atoms with Crippen LogP contribution in [0.2, 0.25) is 5.02 Å². The molecule has 0 saturated carbocycles. The van der Waals surface area contributed by atoms with Gasteiger partial charge in [-0.25, -0.2) is 8.78 Å². The van der Waals surface area contributed by atoms with Crippen LogP contribution in [-0.2, 0) is 0 Å². The Kier molecular flexibility index (Phi) is 3.23. The van der Waals surface area contributed by atoms with Crippen LogP contribution in [0.3, 0.4) is 0 Å². The first-order chi connectivity index (χ1) is 7.61. The van der Waals surface area contributed by atoms with Crippen molar-refractivity contribution >= 4 is 22.9 Å². The molecule has 5 heteroatoms. The van der Waals surface area contributed by atoms with Crippen LogP contribution in [0.5, 0.6) is 0 Å². The number of rotatable bonds is 2. The van der Waals surface area contributed by atoms with Crippen LogP contribution < -0.4 is 5.73 Å². The lowest BCUT2D eigenvalue weighted by molar-refractivity contribution is 0.545. The second-order valence-electron chi connectivity index (χ2n) is 3.25. The average molecular weight is 260 g/mol. The second-order valence-corrected chi connectivity index (χ2v) is 4.64. The van der Waals surface area contributed by atoms with E-state index in [1.54, 1.807) is 17.5 Å². The molecule has 2 N–H and O–H groups in total. The Morgan fingerprint density at radius 3 is 2.62 bits per heavy atom. The Morgan fingerprint density at radius 1 is 1.25 bits per heavy atom. The highest BCUT2D eigenvalue weighted by Crippen LogP contribution is 2.30. The quantitative estimate of drug-likeness (QED) is 0.817. The molecule has 0 aliphatic rings. The Hall–Kier alpha value is -0.970. The van der Waals surface area contributed by atoms with Gasteiger partial charge in [0.25, 0.3) is 0 Å². The highest BCUT2D eigenvalue weighted by atomic mass is 35.5. The molecule has 1 heterocycles. The number of halogens is 3. The van der Waals surface area contributed by atoms with Gasteiger partial charge < -0.3 is 5.73 Å². The molecule has 1 atom stereocenters. The molecule has 0 aliphatic carbocycles. The maximum atomic E-state index is 13.7. The van der Waals surface area contributed by atoms with Crippen molar-refractivity contribution in [1.82, 2.24) is 0 Å². The monoisotopic (exact) mass is 259 g/mol. The van der Waals surface area contributed by atoms with E-state index >= 15 is 0 Å². The molecule has 2 aromatic rings. The number of benzene rings is 1. The molecule has 0 spiro atoms. The summed E-state index contributed by atoms with van der Waals surface area (Å²) >= 11 is 6.95. The summed E-state index contributed by atoms with van der Waals surface area (Å²) in [6.07, 6.45) is 0. The van der Waals surface area contributed by atoms with Crippen LogP contribution in [0, 0.1) is 11.6 Å². The van der Waals surface area contributed by atoms with Crippen LogP contribution in [0.4, 0.5) is 8.78 Å². The molecule has 84 valence electrons. The molecule has 0 radical (unpaired) electrons. The first kappa shape index (κ1) is 11.5. The third-order valence-corrected chi connectivity index (χ3v) is 3.49. The predicted octanol–water partition coefficient (Wildman–Crippen LogP) is 3.73. The highest BCUT2D eigenvalue weighted by molar-refractivity contribution is 7.10. The normalized spacial score (nSPS) is 12.8. The zero-order chi connectivity index (χ0) is 11.7. The van der Waals surface area contributed by atoms with E-state index in [1.807, 2.05) is 0 Å². The van der Waals surface area contributed by atoms with E-state index in [0.717, 1.165) is 6.07 Å². The lowest BCUT2D eigenvalue weighted by Crippen LogP contribution is -2.14. The summed E-state index contributed by atoms with van der Waals surface area (Å²) in [6.45, 7) is 0. The summed E-state index contributed by atoms with van der Waals surface area (Å²) in [4.78, 5) is 0.695. The van der Waals surface area contributed by atoms with Crippen molar-refractivity contribution in [2.45, 2.75) is 6.04 Å². The molecule has 0 unspecified atom stereocenters. The van der Waals surface area contributed by atoms with E-state index in [4.69, 9.17) is 17.3 Å². The van der Waals surface area contributed by atoms with Gasteiger partial charge in [0.15, 0.2) is 0 Å². The molecule has 0 amide bonds. The number of thiophene rings is 1. The van der Waals surface area contributed by atoms with E-state index in [1.165, 1.54) is 17.4 Å². The van der Waals surface area contributed by atoms with Gasteiger partial charge in [-0.2, -0.15) is 0 Å². The van der Waals surface area contributed by atoms with E-state index < -0.39 is 17.7 Å². The van der Waals surface area contributed by atoms with Gasteiger partial charge in [-0.1, -0.05) is 17.7 Å². The zero-order valence-electron chi connectivity index (χ0n) is 8.08. The van der Waals surface area contributed by atoms with E-state index in [0.29, 0.717) is 4.88 Å². The van der Waals surface area contributed by atoms with Gasteiger partial charge in [0.2, 0.25) is 0 Å². The van der Waals surface area contributed by atoms with Gasteiger partial charge in [0, 0.05) is 10.4 Å². The molecule has 0 saturated heterocycles. The zero-order valence-corrected chi connectivity index (χ0v) is 9.66. The third-order valence-electron chi connectivity index (χ3n) is 2.24. The maximum Gasteiger partial charge on any atom is 0.149 e. The van der Waals surface area contributed by atoms with Gasteiger partial charge in [0.1, 0.15) is 11.6 Å². The minimum Gasteiger partial charge on any atom is -0.319 e. The molecule has 2 rings (SSSR count). The molecule has 1 nitrogen and oxygen atoms in total. The van der Waals surface area contributed by atoms with Crippen molar-refractivity contribution in [3.8, 4) is 0 Å². The highest BCUT2D eigenvalue weighted by Gasteiger charge is 2.21. The van der Waals surface area contributed by atoms with Crippen LogP contribution in [0.25, 0.3) is 0 Å². The molecule has 0 fully saturated rings. The van der Waals surface area contributed by atoms with Crippen LogP contribution in [0.15, 0.2) is 29.6 Å². The fourth-order valence-electron chi connectivity index (χ4n) is 1.44. The Morgan fingerprint density at radius 2 is 2.00 bits per heavy atom. The second kappa shape index (κ2) is 4.49. The van der Waals surface area contributed by atoms with Crippen LogP contribution in [-0.4, -0.2) is 0 Å². The van der Waals surface area contributed by atoms with Crippen molar-refractivity contribution < 1.29 is 8.78 Å². The summed E-state index contributed by atoms with van der Waals surface area (Å²) in [5.41, 5.74) is 5.62. The Labute approximate surface area is 100 Å². The smallest absolute Gasteiger partial charge is 0.149 e. The van der Waals surface area contributed by atoms with Crippen molar-refractivity contribution in [2.24, 2.45) is 5.73 Å². The van der Waals surface area contributed by atoms with E-state index in [-0.39, 0.29) is 10.6 Å². The van der Waals surface area contributed by atoms with Gasteiger partial charge >= 0.3 is 0 Å². The number of nitrogens with two attached hydrogens (primary N) is 1. The topological polar surface area (TPSA) is 26.0 Å². The molecule has 0 bridgehead atoms. The molecule has 1 aromatic heterocycles.